The maximum absolute atomic E-state index is 11.8. The standard InChI is InChI=1S/C11H11Br2NO3/c1-11(2,10(16)17)9(15)14-8-4-3-6(12)5-7(8)13/h3-5H,1-2H3,(H,14,15)(H,16,17). The molecule has 2 N–H and O–H groups in total. The fourth-order valence-electron chi connectivity index (χ4n) is 0.967. The summed E-state index contributed by atoms with van der Waals surface area (Å²) in [5, 5.41) is 11.5. The summed E-state index contributed by atoms with van der Waals surface area (Å²) in [5.74, 6) is -1.73. The molecule has 1 rings (SSSR count). The molecule has 0 aliphatic rings. The Bertz CT molecular complexity index is 472. The number of carbonyl (C=O) groups is 2. The molecule has 0 saturated heterocycles. The van der Waals surface area contributed by atoms with Gasteiger partial charge in [-0.2, -0.15) is 0 Å². The first kappa shape index (κ1) is 14.2. The van der Waals surface area contributed by atoms with Crippen LogP contribution in [0, 0.1) is 5.41 Å². The zero-order valence-corrected chi connectivity index (χ0v) is 12.4. The highest BCUT2D eigenvalue weighted by molar-refractivity contribution is 9.11. The third kappa shape index (κ3) is 3.29. The van der Waals surface area contributed by atoms with Crippen LogP contribution in [0.1, 0.15) is 13.8 Å². The quantitative estimate of drug-likeness (QED) is 0.809. The van der Waals surface area contributed by atoms with Crippen molar-refractivity contribution < 1.29 is 14.7 Å². The Morgan fingerprint density at radius 1 is 1.29 bits per heavy atom. The second-order valence-electron chi connectivity index (χ2n) is 4.01. The summed E-state index contributed by atoms with van der Waals surface area (Å²) < 4.78 is 1.54. The van der Waals surface area contributed by atoms with Gasteiger partial charge in [-0.1, -0.05) is 15.9 Å². The molecule has 17 heavy (non-hydrogen) atoms. The molecule has 0 fully saturated rings. The molecule has 0 aromatic heterocycles. The first-order valence-electron chi connectivity index (χ1n) is 4.75. The van der Waals surface area contributed by atoms with E-state index in [4.69, 9.17) is 5.11 Å². The predicted molar refractivity (Wildman–Crippen MR) is 71.9 cm³/mol. The van der Waals surface area contributed by atoms with Gasteiger partial charge in [0.1, 0.15) is 5.41 Å². The highest BCUT2D eigenvalue weighted by Gasteiger charge is 2.36. The van der Waals surface area contributed by atoms with Gasteiger partial charge in [-0.05, 0) is 48.0 Å². The Kier molecular flexibility index (Phi) is 4.32. The molecule has 1 amide bonds. The van der Waals surface area contributed by atoms with Gasteiger partial charge in [0.2, 0.25) is 5.91 Å². The second kappa shape index (κ2) is 5.18. The van der Waals surface area contributed by atoms with Crippen LogP contribution in [-0.2, 0) is 9.59 Å². The fraction of sp³-hybridized carbons (Fsp3) is 0.273. The molecule has 92 valence electrons. The number of carboxylic acids is 1. The van der Waals surface area contributed by atoms with Gasteiger partial charge < -0.3 is 10.4 Å². The SMILES string of the molecule is CC(C)(C(=O)O)C(=O)Nc1ccc(Br)cc1Br. The molecule has 0 saturated carbocycles. The molecule has 0 unspecified atom stereocenters. The van der Waals surface area contributed by atoms with Crippen LogP contribution in [0.25, 0.3) is 0 Å². The second-order valence-corrected chi connectivity index (χ2v) is 5.78. The van der Waals surface area contributed by atoms with E-state index in [1.807, 2.05) is 0 Å². The highest BCUT2D eigenvalue weighted by Crippen LogP contribution is 2.28. The molecule has 0 spiro atoms. The summed E-state index contributed by atoms with van der Waals surface area (Å²) >= 11 is 6.58. The normalized spacial score (nSPS) is 11.1. The van der Waals surface area contributed by atoms with E-state index in [1.54, 1.807) is 18.2 Å². The summed E-state index contributed by atoms with van der Waals surface area (Å²) in [7, 11) is 0. The summed E-state index contributed by atoms with van der Waals surface area (Å²) in [6, 6.07) is 5.21. The summed E-state index contributed by atoms with van der Waals surface area (Å²) in [6.45, 7) is 2.72. The lowest BCUT2D eigenvalue weighted by atomic mass is 9.92. The van der Waals surface area contributed by atoms with Crippen LogP contribution in [0.4, 0.5) is 5.69 Å². The third-order valence-electron chi connectivity index (χ3n) is 2.28. The van der Waals surface area contributed by atoms with Gasteiger partial charge in [0.25, 0.3) is 0 Å². The lowest BCUT2D eigenvalue weighted by Crippen LogP contribution is -2.37. The van der Waals surface area contributed by atoms with Gasteiger partial charge in [-0.15, -0.1) is 0 Å². The number of carboxylic acid groups (broad SMARTS) is 1. The van der Waals surface area contributed by atoms with Crippen LogP contribution in [0.15, 0.2) is 27.1 Å². The van der Waals surface area contributed by atoms with E-state index in [2.05, 4.69) is 37.2 Å². The number of nitrogens with one attached hydrogen (secondary N) is 1. The molecular weight excluding hydrogens is 354 g/mol. The Hall–Kier alpha value is -0.880. The lowest BCUT2D eigenvalue weighted by molar-refractivity contribution is -0.151. The van der Waals surface area contributed by atoms with Gasteiger partial charge in [-0.25, -0.2) is 0 Å². The number of benzene rings is 1. The minimum absolute atomic E-state index is 0.535. The molecule has 0 aliphatic carbocycles. The van der Waals surface area contributed by atoms with E-state index in [-0.39, 0.29) is 0 Å². The van der Waals surface area contributed by atoms with E-state index in [9.17, 15) is 9.59 Å². The van der Waals surface area contributed by atoms with Crippen molar-refractivity contribution in [2.45, 2.75) is 13.8 Å². The molecular formula is C11H11Br2NO3. The third-order valence-corrected chi connectivity index (χ3v) is 3.43. The van der Waals surface area contributed by atoms with E-state index in [0.29, 0.717) is 10.2 Å². The number of amides is 1. The largest absolute Gasteiger partial charge is 0.480 e. The first-order chi connectivity index (χ1) is 7.75. The lowest BCUT2D eigenvalue weighted by Gasteiger charge is -2.19. The molecule has 0 aliphatic heterocycles. The van der Waals surface area contributed by atoms with Crippen LogP contribution in [-0.4, -0.2) is 17.0 Å². The summed E-state index contributed by atoms with van der Waals surface area (Å²) in [5.41, 5.74) is -0.931. The van der Waals surface area contributed by atoms with Crippen molar-refractivity contribution in [1.29, 1.82) is 0 Å². The fourth-order valence-corrected chi connectivity index (χ4v) is 2.11. The Morgan fingerprint density at radius 3 is 2.35 bits per heavy atom. The van der Waals surface area contributed by atoms with E-state index in [1.165, 1.54) is 13.8 Å². The Balaban J connectivity index is 2.92. The van der Waals surface area contributed by atoms with Crippen LogP contribution >= 0.6 is 31.9 Å². The van der Waals surface area contributed by atoms with E-state index >= 15 is 0 Å². The molecule has 0 bridgehead atoms. The predicted octanol–water partition coefficient (Wildman–Crippen LogP) is 3.26. The molecule has 1 aromatic carbocycles. The molecule has 0 radical (unpaired) electrons. The highest BCUT2D eigenvalue weighted by atomic mass is 79.9. The van der Waals surface area contributed by atoms with Crippen molar-refractivity contribution >= 4 is 49.4 Å². The molecule has 0 atom stereocenters. The van der Waals surface area contributed by atoms with Gasteiger partial charge in [0.05, 0.1) is 5.69 Å². The summed E-state index contributed by atoms with van der Waals surface area (Å²) in [4.78, 5) is 22.7. The van der Waals surface area contributed by atoms with Crippen molar-refractivity contribution in [3.05, 3.63) is 27.1 Å². The van der Waals surface area contributed by atoms with Crippen molar-refractivity contribution in [2.24, 2.45) is 5.41 Å². The number of halogens is 2. The van der Waals surface area contributed by atoms with Crippen molar-refractivity contribution in [1.82, 2.24) is 0 Å². The summed E-state index contributed by atoms with van der Waals surface area (Å²) in [6.07, 6.45) is 0. The topological polar surface area (TPSA) is 66.4 Å². The number of rotatable bonds is 3. The van der Waals surface area contributed by atoms with Gasteiger partial charge >= 0.3 is 5.97 Å². The number of hydrogen-bond donors (Lipinski definition) is 2. The average Bonchev–Trinajstić information content (AvgIpc) is 2.21. The Morgan fingerprint density at radius 2 is 1.88 bits per heavy atom. The zero-order chi connectivity index (χ0) is 13.2. The van der Waals surface area contributed by atoms with Crippen LogP contribution in [0.5, 0.6) is 0 Å². The molecule has 0 heterocycles. The van der Waals surface area contributed by atoms with Gasteiger partial charge in [-0.3, -0.25) is 9.59 Å². The van der Waals surface area contributed by atoms with Crippen molar-refractivity contribution in [3.63, 3.8) is 0 Å². The number of hydrogen-bond acceptors (Lipinski definition) is 2. The molecule has 6 heteroatoms. The number of aliphatic carboxylic acids is 1. The van der Waals surface area contributed by atoms with Crippen molar-refractivity contribution in [2.75, 3.05) is 5.32 Å². The van der Waals surface area contributed by atoms with Crippen LogP contribution < -0.4 is 5.32 Å². The average molecular weight is 365 g/mol. The monoisotopic (exact) mass is 363 g/mol. The maximum atomic E-state index is 11.8. The first-order valence-corrected chi connectivity index (χ1v) is 6.33. The molecule has 1 aromatic rings. The number of carbonyl (C=O) groups excluding carboxylic acids is 1. The van der Waals surface area contributed by atoms with Crippen molar-refractivity contribution in [3.8, 4) is 0 Å². The zero-order valence-electron chi connectivity index (χ0n) is 9.25. The van der Waals surface area contributed by atoms with Crippen LogP contribution in [0.3, 0.4) is 0 Å². The van der Waals surface area contributed by atoms with Crippen LogP contribution in [0.2, 0.25) is 0 Å². The minimum atomic E-state index is -1.47. The maximum Gasteiger partial charge on any atom is 0.318 e. The minimum Gasteiger partial charge on any atom is -0.480 e. The van der Waals surface area contributed by atoms with E-state index in [0.717, 1.165) is 4.47 Å². The van der Waals surface area contributed by atoms with E-state index < -0.39 is 17.3 Å². The smallest absolute Gasteiger partial charge is 0.318 e. The Labute approximate surface area is 116 Å². The molecule has 4 nitrogen and oxygen atoms in total. The van der Waals surface area contributed by atoms with Gasteiger partial charge in [0, 0.05) is 8.95 Å². The van der Waals surface area contributed by atoms with Gasteiger partial charge in [0.15, 0.2) is 0 Å². The number of anilines is 1.